The molecule has 1 fully saturated rings. The van der Waals surface area contributed by atoms with Gasteiger partial charge in [-0.3, -0.25) is 0 Å². The van der Waals surface area contributed by atoms with Crippen LogP contribution in [0, 0.1) is 0 Å². The molecule has 1 saturated heterocycles. The molecular weight excluding hydrogens is 330 g/mol. The van der Waals surface area contributed by atoms with Crippen LogP contribution >= 0.6 is 0 Å². The summed E-state index contributed by atoms with van der Waals surface area (Å²) in [5, 5.41) is 0. The highest BCUT2D eigenvalue weighted by Crippen LogP contribution is 2.47. The number of amides is 1. The highest BCUT2D eigenvalue weighted by Gasteiger charge is 2.59. The molecule has 0 saturated carbocycles. The smallest absolute Gasteiger partial charge is 0.414 e. The third kappa shape index (κ3) is 2.86. The second kappa shape index (κ2) is 7.44. The van der Waals surface area contributed by atoms with Gasteiger partial charge in [-0.2, -0.15) is 0 Å². The fourth-order valence-corrected chi connectivity index (χ4v) is 3.31. The zero-order valence-electron chi connectivity index (χ0n) is 14.6. The maximum atomic E-state index is 13.1. The van der Waals surface area contributed by atoms with Crippen molar-refractivity contribution in [3.05, 3.63) is 84.4 Å². The molecule has 1 amide bonds. The maximum Gasteiger partial charge on any atom is 0.414 e. The van der Waals surface area contributed by atoms with Crippen molar-refractivity contribution < 1.29 is 19.1 Å². The monoisotopic (exact) mass is 351 g/mol. The van der Waals surface area contributed by atoms with Crippen LogP contribution < -0.4 is 0 Å². The molecule has 2 aromatic rings. The lowest BCUT2D eigenvalue weighted by molar-refractivity contribution is -0.145. The lowest BCUT2D eigenvalue weighted by Crippen LogP contribution is -2.49. The summed E-state index contributed by atoms with van der Waals surface area (Å²) in [4.78, 5) is 27.3. The average molecular weight is 351 g/mol. The van der Waals surface area contributed by atoms with E-state index in [1.165, 1.54) is 4.90 Å². The third-order valence-corrected chi connectivity index (χ3v) is 4.44. The van der Waals surface area contributed by atoms with Crippen LogP contribution in [0.2, 0.25) is 0 Å². The summed E-state index contributed by atoms with van der Waals surface area (Å²) in [5.74, 6) is -0.495. The van der Waals surface area contributed by atoms with Gasteiger partial charge in [0.05, 0.1) is 6.61 Å². The van der Waals surface area contributed by atoms with Crippen LogP contribution in [0.15, 0.2) is 73.3 Å². The summed E-state index contributed by atoms with van der Waals surface area (Å²) in [7, 11) is 0. The van der Waals surface area contributed by atoms with E-state index < -0.39 is 23.8 Å². The molecule has 1 heterocycles. The molecule has 134 valence electrons. The predicted molar refractivity (Wildman–Crippen MR) is 97.1 cm³/mol. The molecule has 0 aliphatic carbocycles. The molecule has 2 aromatic carbocycles. The fourth-order valence-electron chi connectivity index (χ4n) is 3.31. The van der Waals surface area contributed by atoms with Gasteiger partial charge >= 0.3 is 12.1 Å². The summed E-state index contributed by atoms with van der Waals surface area (Å²) in [5.41, 5.74) is 0.0580. The van der Waals surface area contributed by atoms with E-state index in [1.807, 2.05) is 60.7 Å². The van der Waals surface area contributed by atoms with E-state index in [2.05, 4.69) is 6.58 Å². The predicted octanol–water partition coefficient (Wildman–Crippen LogP) is 4.17. The Hall–Kier alpha value is -3.08. The molecule has 3 rings (SSSR count). The average Bonchev–Trinajstić information content (AvgIpc) is 2.97. The van der Waals surface area contributed by atoms with Crippen LogP contribution in [0.25, 0.3) is 0 Å². The third-order valence-electron chi connectivity index (χ3n) is 4.44. The van der Waals surface area contributed by atoms with Crippen molar-refractivity contribution in [2.45, 2.75) is 25.1 Å². The summed E-state index contributed by atoms with van der Waals surface area (Å²) >= 11 is 0. The largest absolute Gasteiger partial charge is 0.450 e. The normalized spacial score (nSPS) is 22.0. The Morgan fingerprint density at radius 2 is 1.81 bits per heavy atom. The van der Waals surface area contributed by atoms with E-state index in [9.17, 15) is 9.59 Å². The number of rotatable bonds is 5. The SMILES string of the molecule is C=CC[C@]1(c2ccccc2)C(=O)O[C@@H](c2ccccc2)N1C(=O)OCC. The van der Waals surface area contributed by atoms with E-state index in [-0.39, 0.29) is 13.0 Å². The Balaban J connectivity index is 2.18. The van der Waals surface area contributed by atoms with Crippen molar-refractivity contribution in [3.8, 4) is 0 Å². The molecule has 0 aromatic heterocycles. The second-order valence-electron chi connectivity index (χ2n) is 5.96. The molecule has 0 radical (unpaired) electrons. The molecule has 5 heteroatoms. The van der Waals surface area contributed by atoms with Crippen molar-refractivity contribution >= 4 is 12.1 Å². The Bertz CT molecular complexity index is 790. The van der Waals surface area contributed by atoms with Gasteiger partial charge in [-0.15, -0.1) is 6.58 Å². The van der Waals surface area contributed by atoms with Gasteiger partial charge in [-0.05, 0) is 12.5 Å². The minimum absolute atomic E-state index is 0.198. The maximum absolute atomic E-state index is 13.1. The van der Waals surface area contributed by atoms with Gasteiger partial charge < -0.3 is 9.47 Å². The van der Waals surface area contributed by atoms with Crippen LogP contribution in [0.3, 0.4) is 0 Å². The van der Waals surface area contributed by atoms with E-state index in [0.717, 1.165) is 0 Å². The van der Waals surface area contributed by atoms with Crippen LogP contribution in [0.1, 0.15) is 30.7 Å². The van der Waals surface area contributed by atoms with Crippen LogP contribution in [-0.2, 0) is 19.8 Å². The van der Waals surface area contributed by atoms with E-state index in [0.29, 0.717) is 11.1 Å². The standard InChI is InChI=1S/C21H21NO4/c1-3-15-21(17-13-9-6-10-14-17)19(23)26-18(16-11-7-5-8-12-16)22(21)20(24)25-4-2/h3,5-14,18H,1,4,15H2,2H3/t18-,21-/m0/s1. The van der Waals surface area contributed by atoms with Crippen molar-refractivity contribution in [1.82, 2.24) is 4.90 Å². The number of ether oxygens (including phenoxy) is 2. The quantitative estimate of drug-likeness (QED) is 0.599. The number of benzene rings is 2. The first-order valence-electron chi connectivity index (χ1n) is 8.53. The Morgan fingerprint density at radius 1 is 1.19 bits per heavy atom. The number of carbonyl (C=O) groups excluding carboxylic acids is 2. The topological polar surface area (TPSA) is 55.8 Å². The van der Waals surface area contributed by atoms with Gasteiger partial charge in [0.15, 0.2) is 5.54 Å². The Morgan fingerprint density at radius 3 is 2.38 bits per heavy atom. The molecule has 0 spiro atoms. The Kier molecular flexibility index (Phi) is 5.07. The number of esters is 1. The zero-order valence-corrected chi connectivity index (χ0v) is 14.6. The second-order valence-corrected chi connectivity index (χ2v) is 5.96. The summed E-state index contributed by atoms with van der Waals surface area (Å²) in [6.07, 6.45) is 0.382. The first kappa shape index (κ1) is 17.7. The number of hydrogen-bond donors (Lipinski definition) is 0. The molecule has 1 aliphatic heterocycles. The van der Waals surface area contributed by atoms with Crippen molar-refractivity contribution in [3.63, 3.8) is 0 Å². The van der Waals surface area contributed by atoms with Crippen LogP contribution in [-0.4, -0.2) is 23.6 Å². The minimum Gasteiger partial charge on any atom is -0.450 e. The van der Waals surface area contributed by atoms with E-state index in [4.69, 9.17) is 9.47 Å². The molecule has 5 nitrogen and oxygen atoms in total. The van der Waals surface area contributed by atoms with Crippen LogP contribution in [0.4, 0.5) is 4.79 Å². The lowest BCUT2D eigenvalue weighted by Gasteiger charge is -2.35. The van der Waals surface area contributed by atoms with Crippen molar-refractivity contribution in [2.75, 3.05) is 6.61 Å². The highest BCUT2D eigenvalue weighted by atomic mass is 16.6. The van der Waals surface area contributed by atoms with Crippen LogP contribution in [0.5, 0.6) is 0 Å². The fraction of sp³-hybridized carbons (Fsp3) is 0.238. The summed E-state index contributed by atoms with van der Waals surface area (Å²) in [6.45, 7) is 5.71. The molecule has 26 heavy (non-hydrogen) atoms. The van der Waals surface area contributed by atoms with Gasteiger partial charge in [0.2, 0.25) is 6.23 Å². The molecule has 0 N–H and O–H groups in total. The van der Waals surface area contributed by atoms with Crippen molar-refractivity contribution in [2.24, 2.45) is 0 Å². The van der Waals surface area contributed by atoms with Gasteiger partial charge in [-0.1, -0.05) is 66.7 Å². The van der Waals surface area contributed by atoms with E-state index in [1.54, 1.807) is 13.0 Å². The molecule has 2 atom stereocenters. The van der Waals surface area contributed by atoms with Gasteiger partial charge in [0, 0.05) is 12.0 Å². The Labute approximate surface area is 152 Å². The van der Waals surface area contributed by atoms with Gasteiger partial charge in [0.25, 0.3) is 0 Å². The molecule has 1 aliphatic rings. The molecule has 0 unspecified atom stereocenters. The summed E-state index contributed by atoms with van der Waals surface area (Å²) in [6, 6.07) is 18.3. The number of nitrogens with zero attached hydrogens (tertiary/aromatic N) is 1. The zero-order chi connectivity index (χ0) is 18.6. The van der Waals surface area contributed by atoms with Gasteiger partial charge in [0.1, 0.15) is 0 Å². The highest BCUT2D eigenvalue weighted by molar-refractivity contribution is 5.90. The number of carbonyl (C=O) groups is 2. The van der Waals surface area contributed by atoms with E-state index >= 15 is 0 Å². The first-order valence-corrected chi connectivity index (χ1v) is 8.53. The summed E-state index contributed by atoms with van der Waals surface area (Å²) < 4.78 is 11.0. The lowest BCUT2D eigenvalue weighted by atomic mass is 9.85. The number of hydrogen-bond acceptors (Lipinski definition) is 4. The molecule has 0 bridgehead atoms. The molecular formula is C21H21NO4. The minimum atomic E-state index is -1.31. The van der Waals surface area contributed by atoms with Gasteiger partial charge in [-0.25, -0.2) is 14.5 Å². The van der Waals surface area contributed by atoms with Crippen molar-refractivity contribution in [1.29, 1.82) is 0 Å². The first-order chi connectivity index (χ1) is 12.6. The number of cyclic esters (lactones) is 1.